The van der Waals surface area contributed by atoms with Gasteiger partial charge in [0.2, 0.25) is 5.43 Å². The molecule has 1 aromatic heterocycles. The highest BCUT2D eigenvalue weighted by atomic mass is 16.5. The Labute approximate surface area is 185 Å². The van der Waals surface area contributed by atoms with Crippen molar-refractivity contribution < 1.29 is 14.3 Å². The molecular weight excluding hydrogens is 408 g/mol. The fourth-order valence-corrected chi connectivity index (χ4v) is 3.90. The van der Waals surface area contributed by atoms with Crippen LogP contribution in [0.4, 0.5) is 11.4 Å². The molecule has 1 fully saturated rings. The molecule has 4 rings (SSSR count). The molecule has 1 aliphatic heterocycles. The van der Waals surface area contributed by atoms with Gasteiger partial charge in [-0.25, -0.2) is 0 Å². The molecule has 166 valence electrons. The molecule has 0 aliphatic carbocycles. The first-order chi connectivity index (χ1) is 15.5. The van der Waals surface area contributed by atoms with Gasteiger partial charge < -0.3 is 15.0 Å². The third-order valence-electron chi connectivity index (χ3n) is 5.61. The number of aryl methyl sites for hydroxylation is 2. The third-order valence-corrected chi connectivity index (χ3v) is 5.61. The molecule has 3 aromatic rings. The van der Waals surface area contributed by atoms with E-state index < -0.39 is 5.97 Å². The topological polar surface area (TPSA) is 93.5 Å². The van der Waals surface area contributed by atoms with Crippen LogP contribution in [0.3, 0.4) is 0 Å². The van der Waals surface area contributed by atoms with E-state index in [2.05, 4.69) is 21.4 Å². The van der Waals surface area contributed by atoms with Crippen LogP contribution < -0.4 is 15.6 Å². The molecular formula is C24H26N4O4. The van der Waals surface area contributed by atoms with Gasteiger partial charge in [0.15, 0.2) is 6.61 Å². The monoisotopic (exact) mass is 434 g/mol. The van der Waals surface area contributed by atoms with Crippen LogP contribution in [0.1, 0.15) is 24.8 Å². The summed E-state index contributed by atoms with van der Waals surface area (Å²) in [6.07, 6.45) is 3.68. The number of amides is 1. The quantitative estimate of drug-likeness (QED) is 0.575. The van der Waals surface area contributed by atoms with E-state index in [0.29, 0.717) is 16.6 Å². The first-order valence-electron chi connectivity index (χ1n) is 10.8. The number of benzene rings is 2. The highest BCUT2D eigenvalue weighted by Gasteiger charge is 2.14. The number of carbonyl (C=O) groups excluding carboxylic acids is 2. The molecule has 1 amide bonds. The van der Waals surface area contributed by atoms with Gasteiger partial charge in [0, 0.05) is 29.9 Å². The molecule has 0 bridgehead atoms. The minimum absolute atomic E-state index is 0.0384. The van der Waals surface area contributed by atoms with Crippen molar-refractivity contribution in [2.45, 2.75) is 32.7 Å². The molecule has 0 unspecified atom stereocenters. The Morgan fingerprint density at radius 3 is 2.69 bits per heavy atom. The summed E-state index contributed by atoms with van der Waals surface area (Å²) in [6, 6.07) is 13.0. The second kappa shape index (κ2) is 9.64. The fourth-order valence-electron chi connectivity index (χ4n) is 3.90. The number of aromatic nitrogens is 2. The molecule has 1 saturated heterocycles. The van der Waals surface area contributed by atoms with Crippen molar-refractivity contribution in [3.8, 4) is 0 Å². The molecule has 8 nitrogen and oxygen atoms in total. The van der Waals surface area contributed by atoms with Crippen LogP contribution in [0.2, 0.25) is 0 Å². The van der Waals surface area contributed by atoms with Crippen LogP contribution in [0.5, 0.6) is 0 Å². The van der Waals surface area contributed by atoms with Crippen LogP contribution >= 0.6 is 0 Å². The number of nitrogens with zero attached hydrogens (tertiary/aromatic N) is 3. The SMILES string of the molecule is Cc1cc(N2CCCC2)ccc1NC(=O)COC(=O)CCn1ncc(=O)c2ccccc21. The lowest BCUT2D eigenvalue weighted by Gasteiger charge is -2.19. The Balaban J connectivity index is 1.28. The number of ether oxygens (including phenoxy) is 1. The lowest BCUT2D eigenvalue weighted by Crippen LogP contribution is -2.22. The molecule has 2 aromatic carbocycles. The van der Waals surface area contributed by atoms with Gasteiger partial charge in [0.1, 0.15) is 0 Å². The van der Waals surface area contributed by atoms with Gasteiger partial charge in [-0.1, -0.05) is 12.1 Å². The number of carbonyl (C=O) groups is 2. The van der Waals surface area contributed by atoms with Crippen molar-refractivity contribution in [2.75, 3.05) is 29.9 Å². The second-order valence-corrected chi connectivity index (χ2v) is 7.90. The van der Waals surface area contributed by atoms with Gasteiger partial charge in [-0.05, 0) is 55.7 Å². The first-order valence-corrected chi connectivity index (χ1v) is 10.8. The van der Waals surface area contributed by atoms with Gasteiger partial charge in [0.25, 0.3) is 5.91 Å². The Bertz CT molecular complexity index is 1200. The number of hydrogen-bond donors (Lipinski definition) is 1. The van der Waals surface area contributed by atoms with Crippen molar-refractivity contribution >= 4 is 34.2 Å². The maximum atomic E-state index is 12.2. The number of esters is 1. The number of hydrogen-bond acceptors (Lipinski definition) is 6. The summed E-state index contributed by atoms with van der Waals surface area (Å²) in [5.74, 6) is -0.895. The van der Waals surface area contributed by atoms with Gasteiger partial charge >= 0.3 is 5.97 Å². The molecule has 8 heteroatoms. The van der Waals surface area contributed by atoms with E-state index in [4.69, 9.17) is 4.74 Å². The van der Waals surface area contributed by atoms with E-state index in [0.717, 1.165) is 24.3 Å². The number of fused-ring (bicyclic) bond motifs is 1. The number of rotatable bonds is 7. The standard InChI is InChI=1S/C24H26N4O4/c1-17-14-18(27-11-4-5-12-27)8-9-20(17)26-23(30)16-32-24(31)10-13-28-21-7-3-2-6-19(21)22(29)15-25-28/h2-3,6-9,14-15H,4-5,10-13,16H2,1H3,(H,26,30). The lowest BCUT2D eigenvalue weighted by molar-refractivity contribution is -0.147. The van der Waals surface area contributed by atoms with Crippen LogP contribution in [-0.4, -0.2) is 41.4 Å². The number of anilines is 2. The number of para-hydroxylation sites is 1. The summed E-state index contributed by atoms with van der Waals surface area (Å²) in [6.45, 7) is 3.96. The summed E-state index contributed by atoms with van der Waals surface area (Å²) in [5.41, 5.74) is 3.31. The zero-order chi connectivity index (χ0) is 22.5. The lowest BCUT2D eigenvalue weighted by atomic mass is 10.1. The second-order valence-electron chi connectivity index (χ2n) is 7.90. The smallest absolute Gasteiger partial charge is 0.308 e. The molecule has 0 atom stereocenters. The molecule has 0 radical (unpaired) electrons. The zero-order valence-corrected chi connectivity index (χ0v) is 18.0. The van der Waals surface area contributed by atoms with Gasteiger partial charge in [-0.2, -0.15) is 5.10 Å². The summed E-state index contributed by atoms with van der Waals surface area (Å²) in [7, 11) is 0. The summed E-state index contributed by atoms with van der Waals surface area (Å²) < 4.78 is 6.70. The molecule has 32 heavy (non-hydrogen) atoms. The molecule has 0 saturated carbocycles. The number of nitrogens with one attached hydrogen (secondary N) is 1. The van der Waals surface area contributed by atoms with Crippen molar-refractivity contribution in [1.29, 1.82) is 0 Å². The highest BCUT2D eigenvalue weighted by Crippen LogP contribution is 2.25. The highest BCUT2D eigenvalue weighted by molar-refractivity contribution is 5.93. The van der Waals surface area contributed by atoms with Crippen LogP contribution in [0, 0.1) is 6.92 Å². The van der Waals surface area contributed by atoms with Crippen molar-refractivity contribution in [2.24, 2.45) is 0 Å². The Kier molecular flexibility index (Phi) is 6.49. The third kappa shape index (κ3) is 4.96. The van der Waals surface area contributed by atoms with Crippen molar-refractivity contribution in [3.05, 3.63) is 64.4 Å². The van der Waals surface area contributed by atoms with E-state index in [1.54, 1.807) is 22.9 Å². The van der Waals surface area contributed by atoms with Gasteiger partial charge in [-0.15, -0.1) is 0 Å². The van der Waals surface area contributed by atoms with Crippen molar-refractivity contribution in [1.82, 2.24) is 9.78 Å². The predicted octanol–water partition coefficient (Wildman–Crippen LogP) is 2.88. The maximum absolute atomic E-state index is 12.2. The normalized spacial score (nSPS) is 13.3. The molecule has 1 aliphatic rings. The Morgan fingerprint density at radius 1 is 1.12 bits per heavy atom. The average molecular weight is 434 g/mol. The van der Waals surface area contributed by atoms with E-state index in [-0.39, 0.29) is 30.9 Å². The molecule has 0 spiro atoms. The fraction of sp³-hybridized carbons (Fsp3) is 0.333. The summed E-state index contributed by atoms with van der Waals surface area (Å²) in [4.78, 5) is 38.6. The van der Waals surface area contributed by atoms with E-state index in [1.165, 1.54) is 19.0 Å². The van der Waals surface area contributed by atoms with E-state index in [9.17, 15) is 14.4 Å². The van der Waals surface area contributed by atoms with Crippen LogP contribution in [0.25, 0.3) is 10.9 Å². The predicted molar refractivity (Wildman–Crippen MR) is 123 cm³/mol. The van der Waals surface area contributed by atoms with Gasteiger partial charge in [0.05, 0.1) is 24.7 Å². The van der Waals surface area contributed by atoms with E-state index >= 15 is 0 Å². The Morgan fingerprint density at radius 2 is 1.91 bits per heavy atom. The van der Waals surface area contributed by atoms with Gasteiger partial charge in [-0.3, -0.25) is 19.1 Å². The maximum Gasteiger partial charge on any atom is 0.308 e. The summed E-state index contributed by atoms with van der Waals surface area (Å²) >= 11 is 0. The summed E-state index contributed by atoms with van der Waals surface area (Å²) in [5, 5.41) is 7.43. The zero-order valence-electron chi connectivity index (χ0n) is 18.0. The molecule has 1 N–H and O–H groups in total. The van der Waals surface area contributed by atoms with E-state index in [1.807, 2.05) is 25.1 Å². The van der Waals surface area contributed by atoms with Crippen LogP contribution in [-0.2, 0) is 20.9 Å². The first kappa shape index (κ1) is 21.5. The minimum Gasteiger partial charge on any atom is -0.456 e. The van der Waals surface area contributed by atoms with Crippen LogP contribution in [0.15, 0.2) is 53.5 Å². The minimum atomic E-state index is -0.508. The van der Waals surface area contributed by atoms with Crippen molar-refractivity contribution in [3.63, 3.8) is 0 Å². The average Bonchev–Trinajstić information content (AvgIpc) is 3.34. The molecule has 2 heterocycles. The Hall–Kier alpha value is -3.68. The largest absolute Gasteiger partial charge is 0.456 e.